The zero-order chi connectivity index (χ0) is 23.3. The van der Waals surface area contributed by atoms with Crippen LogP contribution in [0.15, 0.2) is 72.3 Å². The van der Waals surface area contributed by atoms with E-state index in [9.17, 15) is 9.90 Å². The summed E-state index contributed by atoms with van der Waals surface area (Å²) in [6.07, 6.45) is 4.26. The van der Waals surface area contributed by atoms with Gasteiger partial charge >= 0.3 is 0 Å². The number of aliphatic hydroxyl groups excluding tert-OH is 1. The average Bonchev–Trinajstić information content (AvgIpc) is 3.28. The van der Waals surface area contributed by atoms with E-state index in [1.807, 2.05) is 30.3 Å². The van der Waals surface area contributed by atoms with Crippen molar-refractivity contribution in [1.82, 2.24) is 10.2 Å². The number of piperidine rings is 1. The zero-order valence-electron chi connectivity index (χ0n) is 19.5. The van der Waals surface area contributed by atoms with Crippen LogP contribution in [0.2, 0.25) is 0 Å². The summed E-state index contributed by atoms with van der Waals surface area (Å²) >= 11 is 0. The zero-order valence-corrected chi connectivity index (χ0v) is 19.5. The Morgan fingerprint density at radius 1 is 1.03 bits per heavy atom. The van der Waals surface area contributed by atoms with Gasteiger partial charge in [-0.25, -0.2) is 0 Å². The molecule has 3 aromatic carbocycles. The van der Waals surface area contributed by atoms with Gasteiger partial charge < -0.3 is 20.1 Å². The fraction of sp³-hybridized carbons (Fsp3) is 0.345. The number of aliphatic hydroxyl groups is 1. The summed E-state index contributed by atoms with van der Waals surface area (Å²) in [6.45, 7) is 3.48. The second-order valence-corrected chi connectivity index (χ2v) is 9.36. The molecule has 2 aliphatic heterocycles. The largest absolute Gasteiger partial charge is 0.490 e. The van der Waals surface area contributed by atoms with E-state index in [0.29, 0.717) is 24.8 Å². The molecule has 1 atom stereocenters. The van der Waals surface area contributed by atoms with Crippen molar-refractivity contribution in [2.24, 2.45) is 0 Å². The van der Waals surface area contributed by atoms with E-state index in [4.69, 9.17) is 4.74 Å². The fourth-order valence-electron chi connectivity index (χ4n) is 5.04. The Labute approximate surface area is 201 Å². The molecule has 1 amide bonds. The Kier molecular flexibility index (Phi) is 6.93. The van der Waals surface area contributed by atoms with Crippen molar-refractivity contribution in [2.45, 2.75) is 31.3 Å². The van der Waals surface area contributed by atoms with Crippen LogP contribution < -0.4 is 10.1 Å². The van der Waals surface area contributed by atoms with Gasteiger partial charge in [-0.1, -0.05) is 60.7 Å². The second kappa shape index (κ2) is 10.4. The van der Waals surface area contributed by atoms with E-state index in [0.717, 1.165) is 43.5 Å². The molecular formula is C29H32N2O3. The molecule has 2 fully saturated rings. The van der Waals surface area contributed by atoms with Crippen LogP contribution >= 0.6 is 0 Å². The summed E-state index contributed by atoms with van der Waals surface area (Å²) in [5.74, 6) is 1.26. The molecule has 5 rings (SSSR count). The van der Waals surface area contributed by atoms with Crippen molar-refractivity contribution >= 4 is 22.8 Å². The number of nitrogens with one attached hydrogen (secondary N) is 1. The molecule has 0 aromatic heterocycles. The molecule has 0 radical (unpaired) electrons. The minimum atomic E-state index is -0.562. The van der Waals surface area contributed by atoms with E-state index in [1.165, 1.54) is 16.3 Å². The van der Waals surface area contributed by atoms with Gasteiger partial charge in [0.05, 0.1) is 0 Å². The lowest BCUT2D eigenvalue weighted by Crippen LogP contribution is -2.40. The third-order valence-corrected chi connectivity index (χ3v) is 6.95. The first-order valence-corrected chi connectivity index (χ1v) is 12.3. The summed E-state index contributed by atoms with van der Waals surface area (Å²) < 4.78 is 5.96. The molecule has 0 unspecified atom stereocenters. The monoisotopic (exact) mass is 456 g/mol. The molecular weight excluding hydrogens is 424 g/mol. The smallest absolute Gasteiger partial charge is 0.247 e. The molecule has 0 bridgehead atoms. The average molecular weight is 457 g/mol. The highest BCUT2D eigenvalue weighted by molar-refractivity contribution is 6.00. The first-order chi connectivity index (χ1) is 16.7. The van der Waals surface area contributed by atoms with Crippen LogP contribution in [-0.4, -0.2) is 54.8 Å². The van der Waals surface area contributed by atoms with Crippen molar-refractivity contribution in [3.8, 4) is 5.75 Å². The molecule has 5 nitrogen and oxygen atoms in total. The number of rotatable bonds is 7. The van der Waals surface area contributed by atoms with E-state index in [2.05, 4.69) is 52.7 Å². The molecule has 34 heavy (non-hydrogen) atoms. The van der Waals surface area contributed by atoms with Gasteiger partial charge in [-0.3, -0.25) is 4.79 Å². The van der Waals surface area contributed by atoms with Crippen molar-refractivity contribution in [3.05, 3.63) is 83.4 Å². The Morgan fingerprint density at radius 2 is 1.79 bits per heavy atom. The maximum Gasteiger partial charge on any atom is 0.247 e. The lowest BCUT2D eigenvalue weighted by Gasteiger charge is -2.33. The molecule has 2 aliphatic rings. The van der Waals surface area contributed by atoms with Gasteiger partial charge in [-0.15, -0.1) is 0 Å². The topological polar surface area (TPSA) is 61.8 Å². The summed E-state index contributed by atoms with van der Waals surface area (Å²) in [5, 5.41) is 16.1. The second-order valence-electron chi connectivity index (χ2n) is 9.36. The number of ether oxygens (including phenoxy) is 1. The minimum Gasteiger partial charge on any atom is -0.490 e. The highest BCUT2D eigenvalue weighted by Gasteiger charge is 2.23. The van der Waals surface area contributed by atoms with Gasteiger partial charge in [-0.05, 0) is 66.7 Å². The van der Waals surface area contributed by atoms with Crippen LogP contribution in [-0.2, 0) is 4.79 Å². The predicted molar refractivity (Wildman–Crippen MR) is 136 cm³/mol. The van der Waals surface area contributed by atoms with Crippen LogP contribution in [0.25, 0.3) is 16.8 Å². The van der Waals surface area contributed by atoms with Crippen molar-refractivity contribution in [2.75, 3.05) is 32.8 Å². The van der Waals surface area contributed by atoms with E-state index in [1.54, 1.807) is 0 Å². The molecule has 5 heteroatoms. The van der Waals surface area contributed by atoms with Gasteiger partial charge in [0.1, 0.15) is 18.5 Å². The summed E-state index contributed by atoms with van der Waals surface area (Å²) in [6, 6.07) is 23.0. The summed E-state index contributed by atoms with van der Waals surface area (Å²) in [4.78, 5) is 14.2. The standard InChI is InChI=1S/C29H32N2O3/c32-27(20-34-28-8-4-3-7-25(28)18-26-11-14-30-29(26)33)19-31-15-12-22(13-16-31)24-10-9-21-5-1-2-6-23(21)17-24/h1-10,17-18,22,27,32H,11-16,19-20H2,(H,30,33)/b26-18+/t27-/m0/s1. The minimum absolute atomic E-state index is 0.0121. The molecule has 3 aromatic rings. The number of para-hydroxylation sites is 1. The normalized spacial score (nSPS) is 19.4. The van der Waals surface area contributed by atoms with E-state index in [-0.39, 0.29) is 12.5 Å². The van der Waals surface area contributed by atoms with Crippen molar-refractivity contribution in [1.29, 1.82) is 0 Å². The highest BCUT2D eigenvalue weighted by Crippen LogP contribution is 2.30. The third-order valence-electron chi connectivity index (χ3n) is 6.95. The number of benzene rings is 3. The highest BCUT2D eigenvalue weighted by atomic mass is 16.5. The molecule has 2 heterocycles. The van der Waals surface area contributed by atoms with Gasteiger partial charge in [0.2, 0.25) is 5.91 Å². The first-order valence-electron chi connectivity index (χ1n) is 12.3. The van der Waals surface area contributed by atoms with Crippen LogP contribution in [0, 0.1) is 0 Å². The van der Waals surface area contributed by atoms with Crippen LogP contribution in [0.4, 0.5) is 0 Å². The van der Waals surface area contributed by atoms with Gasteiger partial charge in [0.15, 0.2) is 0 Å². The molecule has 2 N–H and O–H groups in total. The molecule has 176 valence electrons. The number of nitrogens with zero attached hydrogens (tertiary/aromatic N) is 1. The number of likely N-dealkylation sites (tertiary alicyclic amines) is 1. The molecule has 0 spiro atoms. The summed E-state index contributed by atoms with van der Waals surface area (Å²) in [5.41, 5.74) is 3.06. The molecule has 0 saturated carbocycles. The van der Waals surface area contributed by atoms with Gasteiger partial charge in [-0.2, -0.15) is 0 Å². The van der Waals surface area contributed by atoms with E-state index < -0.39 is 6.10 Å². The Morgan fingerprint density at radius 3 is 2.59 bits per heavy atom. The van der Waals surface area contributed by atoms with Crippen LogP contribution in [0.3, 0.4) is 0 Å². The number of hydrogen-bond donors (Lipinski definition) is 2. The first kappa shape index (κ1) is 22.6. The third kappa shape index (κ3) is 5.32. The lowest BCUT2D eigenvalue weighted by atomic mass is 9.88. The van der Waals surface area contributed by atoms with Gasteiger partial charge in [0.25, 0.3) is 0 Å². The number of amides is 1. The number of hydrogen-bond acceptors (Lipinski definition) is 4. The molecule has 0 aliphatic carbocycles. The van der Waals surface area contributed by atoms with E-state index >= 15 is 0 Å². The number of carbonyl (C=O) groups excluding carboxylic acids is 1. The quantitative estimate of drug-likeness (QED) is 0.519. The maximum absolute atomic E-state index is 11.9. The van der Waals surface area contributed by atoms with Gasteiger partial charge in [0, 0.05) is 24.2 Å². The number of carbonyl (C=O) groups is 1. The van der Waals surface area contributed by atoms with Crippen LogP contribution in [0.1, 0.15) is 36.3 Å². The Hall–Kier alpha value is -3.15. The van der Waals surface area contributed by atoms with Crippen LogP contribution in [0.5, 0.6) is 5.75 Å². The Balaban J connectivity index is 1.12. The maximum atomic E-state index is 11.9. The Bertz CT molecular complexity index is 1180. The predicted octanol–water partition coefficient (Wildman–Crippen LogP) is 4.36. The number of fused-ring (bicyclic) bond motifs is 1. The number of β-amino-alcohol motifs (C(OH)–C–C–N with tert-alkyl or cyclic N) is 1. The lowest BCUT2D eigenvalue weighted by molar-refractivity contribution is -0.116. The SMILES string of the molecule is O=C1NCC/C1=C\c1ccccc1OC[C@@H](O)CN1CCC(c2ccc3ccccc3c2)CC1. The molecule has 2 saturated heterocycles. The fourth-order valence-corrected chi connectivity index (χ4v) is 5.04. The summed E-state index contributed by atoms with van der Waals surface area (Å²) in [7, 11) is 0. The van der Waals surface area contributed by atoms with Crippen molar-refractivity contribution < 1.29 is 14.6 Å². The van der Waals surface area contributed by atoms with Crippen molar-refractivity contribution in [3.63, 3.8) is 0 Å².